The van der Waals surface area contributed by atoms with Gasteiger partial charge < -0.3 is 9.88 Å². The summed E-state index contributed by atoms with van der Waals surface area (Å²) in [5.74, 6) is -1.76. The maximum atomic E-state index is 13.0. The lowest BCUT2D eigenvalue weighted by atomic mass is 10.2. The first kappa shape index (κ1) is 18.7. The van der Waals surface area contributed by atoms with Gasteiger partial charge in [-0.05, 0) is 36.8 Å². The van der Waals surface area contributed by atoms with E-state index in [1.807, 2.05) is 0 Å². The van der Waals surface area contributed by atoms with Gasteiger partial charge in [-0.15, -0.1) is 0 Å². The van der Waals surface area contributed by atoms with Gasteiger partial charge >= 0.3 is 6.18 Å². The Balaban J connectivity index is 1.70. The van der Waals surface area contributed by atoms with Crippen LogP contribution in [0.15, 0.2) is 47.5 Å². The smallest absolute Gasteiger partial charge is 0.323 e. The standard InChI is InChI=1S/C19H14F3N5O2/c1-10-4-3-7-27-15(10)23-9-12(17(27)29)16(28)24-11-5-6-14-13(8-11)25-18(26(14)2)19(20,21)22/h3-9H,1-2H3,(H,24,28). The van der Waals surface area contributed by atoms with Crippen molar-refractivity contribution in [2.24, 2.45) is 7.05 Å². The topological polar surface area (TPSA) is 81.3 Å². The van der Waals surface area contributed by atoms with Crippen LogP contribution in [0.3, 0.4) is 0 Å². The van der Waals surface area contributed by atoms with Crippen molar-refractivity contribution in [1.29, 1.82) is 0 Å². The lowest BCUT2D eigenvalue weighted by Gasteiger charge is -2.07. The largest absolute Gasteiger partial charge is 0.449 e. The zero-order valence-corrected chi connectivity index (χ0v) is 15.3. The van der Waals surface area contributed by atoms with Crippen molar-refractivity contribution in [3.8, 4) is 0 Å². The van der Waals surface area contributed by atoms with Crippen LogP contribution in [0, 0.1) is 6.92 Å². The van der Waals surface area contributed by atoms with E-state index in [0.29, 0.717) is 5.65 Å². The van der Waals surface area contributed by atoms with E-state index in [9.17, 15) is 22.8 Å². The molecule has 0 aliphatic rings. The van der Waals surface area contributed by atoms with Gasteiger partial charge in [0.25, 0.3) is 11.5 Å². The van der Waals surface area contributed by atoms with Crippen molar-refractivity contribution < 1.29 is 18.0 Å². The van der Waals surface area contributed by atoms with Gasteiger partial charge in [0.15, 0.2) is 0 Å². The van der Waals surface area contributed by atoms with Crippen LogP contribution in [0.2, 0.25) is 0 Å². The van der Waals surface area contributed by atoms with Crippen LogP contribution in [-0.4, -0.2) is 24.8 Å². The third-order valence-corrected chi connectivity index (χ3v) is 4.56. The maximum Gasteiger partial charge on any atom is 0.449 e. The molecule has 0 radical (unpaired) electrons. The molecule has 0 fully saturated rings. The number of carbonyl (C=O) groups is 1. The minimum absolute atomic E-state index is 0.0709. The summed E-state index contributed by atoms with van der Waals surface area (Å²) in [5.41, 5.74) is 1.02. The second-order valence-corrected chi connectivity index (χ2v) is 6.51. The van der Waals surface area contributed by atoms with Crippen molar-refractivity contribution in [3.05, 3.63) is 70.0 Å². The van der Waals surface area contributed by atoms with Gasteiger partial charge in [-0.25, -0.2) is 9.97 Å². The van der Waals surface area contributed by atoms with Crippen LogP contribution >= 0.6 is 0 Å². The highest BCUT2D eigenvalue weighted by molar-refractivity contribution is 6.04. The Kier molecular flexibility index (Phi) is 4.14. The highest BCUT2D eigenvalue weighted by Gasteiger charge is 2.36. The molecule has 0 saturated carbocycles. The molecule has 1 aromatic carbocycles. The van der Waals surface area contributed by atoms with Crippen LogP contribution in [0.25, 0.3) is 16.7 Å². The number of aromatic nitrogens is 4. The molecule has 1 N–H and O–H groups in total. The Morgan fingerprint density at radius 1 is 1.21 bits per heavy atom. The summed E-state index contributed by atoms with van der Waals surface area (Å²) >= 11 is 0. The zero-order chi connectivity index (χ0) is 20.9. The van der Waals surface area contributed by atoms with Crippen molar-refractivity contribution in [3.63, 3.8) is 0 Å². The number of imidazole rings is 1. The Morgan fingerprint density at radius 3 is 2.69 bits per heavy atom. The van der Waals surface area contributed by atoms with Gasteiger partial charge in [0, 0.05) is 25.1 Å². The Bertz CT molecular complexity index is 1340. The van der Waals surface area contributed by atoms with Crippen LogP contribution in [0.1, 0.15) is 21.7 Å². The summed E-state index contributed by atoms with van der Waals surface area (Å²) in [5, 5.41) is 2.52. The normalized spacial score (nSPS) is 11.9. The molecule has 148 valence electrons. The van der Waals surface area contributed by atoms with E-state index >= 15 is 0 Å². The van der Waals surface area contributed by atoms with E-state index in [4.69, 9.17) is 0 Å². The minimum atomic E-state index is -4.60. The summed E-state index contributed by atoms with van der Waals surface area (Å²) in [6.07, 6.45) is -1.91. The van der Waals surface area contributed by atoms with Crippen LogP contribution < -0.4 is 10.9 Å². The summed E-state index contributed by atoms with van der Waals surface area (Å²) in [7, 11) is 1.26. The molecular weight excluding hydrogens is 387 g/mol. The lowest BCUT2D eigenvalue weighted by molar-refractivity contribution is -0.146. The van der Waals surface area contributed by atoms with E-state index in [0.717, 1.165) is 10.1 Å². The molecule has 0 atom stereocenters. The first-order valence-corrected chi connectivity index (χ1v) is 8.49. The predicted octanol–water partition coefficient (Wildman–Crippen LogP) is 3.16. The monoisotopic (exact) mass is 401 g/mol. The van der Waals surface area contributed by atoms with Crippen LogP contribution in [-0.2, 0) is 13.2 Å². The van der Waals surface area contributed by atoms with Crippen molar-refractivity contribution in [2.75, 3.05) is 5.32 Å². The molecule has 1 amide bonds. The summed E-state index contributed by atoms with van der Waals surface area (Å²) in [4.78, 5) is 32.9. The van der Waals surface area contributed by atoms with E-state index in [2.05, 4.69) is 15.3 Å². The van der Waals surface area contributed by atoms with E-state index in [-0.39, 0.29) is 22.3 Å². The SMILES string of the molecule is Cc1cccn2c(=O)c(C(=O)Nc3ccc4c(c3)nc(C(F)(F)F)n4C)cnc12. The number of amides is 1. The third-order valence-electron chi connectivity index (χ3n) is 4.56. The van der Waals surface area contributed by atoms with Gasteiger partial charge in [-0.3, -0.25) is 14.0 Å². The molecule has 0 saturated heterocycles. The van der Waals surface area contributed by atoms with E-state index < -0.39 is 23.5 Å². The Labute approximate surface area is 161 Å². The fraction of sp³-hybridized carbons (Fsp3) is 0.158. The van der Waals surface area contributed by atoms with Crippen molar-refractivity contribution in [2.45, 2.75) is 13.1 Å². The molecule has 10 heteroatoms. The number of rotatable bonds is 2. The van der Waals surface area contributed by atoms with Gasteiger partial charge in [-0.1, -0.05) is 6.07 Å². The average Bonchev–Trinajstić information content (AvgIpc) is 2.99. The third kappa shape index (κ3) is 3.12. The molecule has 0 aliphatic carbocycles. The van der Waals surface area contributed by atoms with Crippen molar-refractivity contribution in [1.82, 2.24) is 18.9 Å². The molecule has 0 spiro atoms. The fourth-order valence-electron chi connectivity index (χ4n) is 3.13. The summed E-state index contributed by atoms with van der Waals surface area (Å²) in [6.45, 7) is 1.79. The van der Waals surface area contributed by atoms with Crippen LogP contribution in [0.4, 0.5) is 18.9 Å². The Hall–Kier alpha value is -3.69. The first-order chi connectivity index (χ1) is 13.7. The number of carbonyl (C=O) groups excluding carboxylic acids is 1. The molecule has 3 aromatic heterocycles. The number of anilines is 1. The number of fused-ring (bicyclic) bond motifs is 2. The number of hydrogen-bond acceptors (Lipinski definition) is 4. The molecule has 0 unspecified atom stereocenters. The number of halogens is 3. The number of nitrogens with zero attached hydrogens (tertiary/aromatic N) is 4. The molecule has 7 nitrogen and oxygen atoms in total. The van der Waals surface area contributed by atoms with Gasteiger partial charge in [0.05, 0.1) is 11.0 Å². The molecular formula is C19H14F3N5O2. The number of aryl methyl sites for hydroxylation is 2. The number of pyridine rings is 1. The highest BCUT2D eigenvalue weighted by Crippen LogP contribution is 2.31. The number of benzene rings is 1. The fourth-order valence-corrected chi connectivity index (χ4v) is 3.13. The number of alkyl halides is 3. The van der Waals surface area contributed by atoms with E-state index in [1.54, 1.807) is 19.1 Å². The maximum absolute atomic E-state index is 13.0. The number of hydrogen-bond donors (Lipinski definition) is 1. The zero-order valence-electron chi connectivity index (χ0n) is 15.3. The molecule has 0 aliphatic heterocycles. The summed E-state index contributed by atoms with van der Waals surface area (Å²) in [6, 6.07) is 7.64. The predicted molar refractivity (Wildman–Crippen MR) is 99.9 cm³/mol. The van der Waals surface area contributed by atoms with Crippen LogP contribution in [0.5, 0.6) is 0 Å². The summed E-state index contributed by atoms with van der Waals surface area (Å²) < 4.78 is 41.3. The quantitative estimate of drug-likeness (QED) is 0.560. The van der Waals surface area contributed by atoms with Gasteiger partial charge in [-0.2, -0.15) is 13.2 Å². The van der Waals surface area contributed by atoms with E-state index in [1.165, 1.54) is 42.0 Å². The lowest BCUT2D eigenvalue weighted by Crippen LogP contribution is -2.26. The average molecular weight is 401 g/mol. The van der Waals surface area contributed by atoms with Gasteiger partial charge in [0.2, 0.25) is 5.82 Å². The molecule has 29 heavy (non-hydrogen) atoms. The molecule has 3 heterocycles. The van der Waals surface area contributed by atoms with Crippen molar-refractivity contribution >= 4 is 28.3 Å². The number of nitrogens with one attached hydrogen (secondary N) is 1. The highest BCUT2D eigenvalue weighted by atomic mass is 19.4. The Morgan fingerprint density at radius 2 is 1.97 bits per heavy atom. The first-order valence-electron chi connectivity index (χ1n) is 8.49. The second kappa shape index (κ2) is 6.43. The van der Waals surface area contributed by atoms with Gasteiger partial charge in [0.1, 0.15) is 11.2 Å². The molecule has 0 bridgehead atoms. The second-order valence-electron chi connectivity index (χ2n) is 6.51. The minimum Gasteiger partial charge on any atom is -0.323 e. The molecule has 4 rings (SSSR count). The molecule has 4 aromatic rings.